The van der Waals surface area contributed by atoms with Crippen molar-refractivity contribution in [3.8, 4) is 0 Å². The van der Waals surface area contributed by atoms with E-state index in [4.69, 9.17) is 5.11 Å². The van der Waals surface area contributed by atoms with E-state index in [0.717, 1.165) is 10.5 Å². The highest BCUT2D eigenvalue weighted by molar-refractivity contribution is 6.22. The highest BCUT2D eigenvalue weighted by Crippen LogP contribution is 2.27. The van der Waals surface area contributed by atoms with Crippen molar-refractivity contribution in [2.24, 2.45) is 0 Å². The van der Waals surface area contributed by atoms with E-state index in [1.54, 1.807) is 19.1 Å². The van der Waals surface area contributed by atoms with Crippen LogP contribution in [-0.2, 0) is 6.42 Å². The van der Waals surface area contributed by atoms with Crippen molar-refractivity contribution < 1.29 is 14.7 Å². The van der Waals surface area contributed by atoms with Gasteiger partial charge in [0.1, 0.15) is 0 Å². The molecule has 1 aromatic rings. The molecule has 1 aliphatic rings. The predicted molar refractivity (Wildman–Crippen MR) is 62.9 cm³/mol. The van der Waals surface area contributed by atoms with Crippen LogP contribution in [0.4, 0.5) is 0 Å². The normalized spacial score (nSPS) is 16.3. The molecule has 4 nitrogen and oxygen atoms in total. The Labute approximate surface area is 99.9 Å². The number of hydrogen-bond acceptors (Lipinski definition) is 3. The van der Waals surface area contributed by atoms with Crippen LogP contribution in [-0.4, -0.2) is 34.5 Å². The number of carbonyl (C=O) groups is 2. The van der Waals surface area contributed by atoms with Gasteiger partial charge in [0.15, 0.2) is 0 Å². The van der Waals surface area contributed by atoms with Crippen molar-refractivity contribution in [1.29, 1.82) is 0 Å². The molecule has 0 spiro atoms. The van der Waals surface area contributed by atoms with E-state index in [-0.39, 0.29) is 18.4 Å². The minimum absolute atomic E-state index is 0.215. The maximum Gasteiger partial charge on any atom is 0.262 e. The molecule has 17 heavy (non-hydrogen) atoms. The number of aliphatic hydroxyl groups excluding tert-OH is 1. The molecule has 1 aromatic carbocycles. The monoisotopic (exact) mass is 233 g/mol. The molecule has 1 atom stereocenters. The summed E-state index contributed by atoms with van der Waals surface area (Å²) in [7, 11) is 0. The molecule has 0 unspecified atom stereocenters. The van der Waals surface area contributed by atoms with Crippen LogP contribution in [0.15, 0.2) is 18.2 Å². The molecule has 0 bridgehead atoms. The van der Waals surface area contributed by atoms with Crippen LogP contribution in [0.3, 0.4) is 0 Å². The third kappa shape index (κ3) is 1.65. The maximum absolute atomic E-state index is 12.2. The number of carbonyl (C=O) groups excluding carboxylic acids is 2. The fourth-order valence-corrected chi connectivity index (χ4v) is 2.15. The second kappa shape index (κ2) is 4.30. The Balaban J connectivity index is 2.53. The Morgan fingerprint density at radius 1 is 1.29 bits per heavy atom. The highest BCUT2D eigenvalue weighted by Gasteiger charge is 2.39. The molecular weight excluding hydrogens is 218 g/mol. The van der Waals surface area contributed by atoms with Gasteiger partial charge >= 0.3 is 0 Å². The molecule has 0 fully saturated rings. The Bertz CT molecular complexity index is 482. The first kappa shape index (κ1) is 11.8. The summed E-state index contributed by atoms with van der Waals surface area (Å²) in [6.45, 7) is 3.39. The minimum Gasteiger partial charge on any atom is -0.394 e. The SMILES string of the molecule is CCc1cccc2c1C(=O)N([C@H](C)CO)C2=O. The molecule has 4 heteroatoms. The standard InChI is InChI=1S/C13H15NO3/c1-3-9-5-4-6-10-11(9)13(17)14(12(10)16)8(2)7-15/h4-6,8,15H,3,7H2,1-2H3/t8-/m1/s1. The maximum atomic E-state index is 12.2. The molecular formula is C13H15NO3. The second-order valence-electron chi connectivity index (χ2n) is 4.21. The minimum atomic E-state index is -0.480. The number of hydrogen-bond donors (Lipinski definition) is 1. The average molecular weight is 233 g/mol. The summed E-state index contributed by atoms with van der Waals surface area (Å²) in [5.41, 5.74) is 1.84. The quantitative estimate of drug-likeness (QED) is 0.799. The summed E-state index contributed by atoms with van der Waals surface area (Å²) in [6, 6.07) is 4.83. The lowest BCUT2D eigenvalue weighted by molar-refractivity contribution is 0.0537. The van der Waals surface area contributed by atoms with E-state index in [0.29, 0.717) is 17.5 Å². The van der Waals surface area contributed by atoms with Crippen molar-refractivity contribution >= 4 is 11.8 Å². The first-order chi connectivity index (χ1) is 8.11. The van der Waals surface area contributed by atoms with Crippen LogP contribution >= 0.6 is 0 Å². The number of aliphatic hydroxyl groups is 1. The molecule has 0 saturated carbocycles. The Kier molecular flexibility index (Phi) is 2.98. The second-order valence-corrected chi connectivity index (χ2v) is 4.21. The summed E-state index contributed by atoms with van der Waals surface area (Å²) < 4.78 is 0. The van der Waals surface area contributed by atoms with E-state index in [1.807, 2.05) is 13.0 Å². The third-order valence-electron chi connectivity index (χ3n) is 3.12. The van der Waals surface area contributed by atoms with Gasteiger partial charge in [0.2, 0.25) is 0 Å². The zero-order valence-corrected chi connectivity index (χ0v) is 9.93. The average Bonchev–Trinajstić information content (AvgIpc) is 2.61. The molecule has 90 valence electrons. The summed E-state index contributed by atoms with van der Waals surface area (Å²) in [6.07, 6.45) is 0.712. The fraction of sp³-hybridized carbons (Fsp3) is 0.385. The highest BCUT2D eigenvalue weighted by atomic mass is 16.3. The van der Waals surface area contributed by atoms with Crippen LogP contribution in [0.1, 0.15) is 40.1 Å². The van der Waals surface area contributed by atoms with Crippen molar-refractivity contribution in [1.82, 2.24) is 4.90 Å². The van der Waals surface area contributed by atoms with Crippen LogP contribution in [0.5, 0.6) is 0 Å². The molecule has 2 rings (SSSR count). The van der Waals surface area contributed by atoms with Gasteiger partial charge in [-0.1, -0.05) is 19.1 Å². The van der Waals surface area contributed by atoms with Crippen LogP contribution in [0.25, 0.3) is 0 Å². The van der Waals surface area contributed by atoms with Gasteiger partial charge in [0.05, 0.1) is 23.8 Å². The third-order valence-corrected chi connectivity index (χ3v) is 3.12. The van der Waals surface area contributed by atoms with Crippen LogP contribution < -0.4 is 0 Å². The van der Waals surface area contributed by atoms with Gasteiger partial charge < -0.3 is 5.11 Å². The fourth-order valence-electron chi connectivity index (χ4n) is 2.15. The largest absolute Gasteiger partial charge is 0.394 e. The van der Waals surface area contributed by atoms with E-state index in [2.05, 4.69) is 0 Å². The van der Waals surface area contributed by atoms with Crippen molar-refractivity contribution in [2.75, 3.05) is 6.61 Å². The zero-order chi connectivity index (χ0) is 12.6. The van der Waals surface area contributed by atoms with Gasteiger partial charge in [-0.2, -0.15) is 0 Å². The topological polar surface area (TPSA) is 57.6 Å². The van der Waals surface area contributed by atoms with Gasteiger partial charge in [-0.3, -0.25) is 14.5 Å². The molecule has 0 radical (unpaired) electrons. The number of aryl methyl sites for hydroxylation is 1. The molecule has 1 N–H and O–H groups in total. The first-order valence-electron chi connectivity index (χ1n) is 5.72. The van der Waals surface area contributed by atoms with Gasteiger partial charge in [-0.15, -0.1) is 0 Å². The number of rotatable bonds is 3. The number of benzene rings is 1. The lowest BCUT2D eigenvalue weighted by atomic mass is 10.0. The number of nitrogens with zero attached hydrogens (tertiary/aromatic N) is 1. The summed E-state index contributed by atoms with van der Waals surface area (Å²) in [5.74, 6) is -0.592. The predicted octanol–water partition coefficient (Wildman–Crippen LogP) is 1.23. The molecule has 1 heterocycles. The van der Waals surface area contributed by atoms with Crippen LogP contribution in [0, 0.1) is 0 Å². The lowest BCUT2D eigenvalue weighted by Gasteiger charge is -2.20. The molecule has 0 aromatic heterocycles. The van der Waals surface area contributed by atoms with E-state index in [1.165, 1.54) is 0 Å². The molecule has 0 aliphatic carbocycles. The first-order valence-corrected chi connectivity index (χ1v) is 5.72. The summed E-state index contributed by atoms with van der Waals surface area (Å²) in [5, 5.41) is 9.09. The Morgan fingerprint density at radius 2 is 2.00 bits per heavy atom. The van der Waals surface area contributed by atoms with Crippen molar-refractivity contribution in [3.63, 3.8) is 0 Å². The summed E-state index contributed by atoms with van der Waals surface area (Å²) in [4.78, 5) is 25.4. The van der Waals surface area contributed by atoms with Gasteiger partial charge in [-0.05, 0) is 25.0 Å². The molecule has 0 saturated heterocycles. The van der Waals surface area contributed by atoms with E-state index < -0.39 is 6.04 Å². The van der Waals surface area contributed by atoms with Gasteiger partial charge in [0, 0.05) is 0 Å². The molecule has 2 amide bonds. The van der Waals surface area contributed by atoms with Crippen LogP contribution in [0.2, 0.25) is 0 Å². The van der Waals surface area contributed by atoms with Crippen molar-refractivity contribution in [3.05, 3.63) is 34.9 Å². The smallest absolute Gasteiger partial charge is 0.262 e. The zero-order valence-electron chi connectivity index (χ0n) is 9.93. The lowest BCUT2D eigenvalue weighted by Crippen LogP contribution is -2.40. The molecule has 1 aliphatic heterocycles. The Hall–Kier alpha value is -1.68. The van der Waals surface area contributed by atoms with Gasteiger partial charge in [0.25, 0.3) is 11.8 Å². The van der Waals surface area contributed by atoms with E-state index in [9.17, 15) is 9.59 Å². The summed E-state index contributed by atoms with van der Waals surface area (Å²) >= 11 is 0. The number of amides is 2. The van der Waals surface area contributed by atoms with E-state index >= 15 is 0 Å². The number of imide groups is 1. The van der Waals surface area contributed by atoms with Gasteiger partial charge in [-0.25, -0.2) is 0 Å². The Morgan fingerprint density at radius 3 is 2.59 bits per heavy atom. The van der Waals surface area contributed by atoms with Crippen molar-refractivity contribution in [2.45, 2.75) is 26.3 Å². The number of fused-ring (bicyclic) bond motifs is 1.